The molecular formula is C15H20N2O. The summed E-state index contributed by atoms with van der Waals surface area (Å²) in [7, 11) is 3.90. The van der Waals surface area contributed by atoms with Crippen LogP contribution in [0.15, 0.2) is 36.7 Å². The van der Waals surface area contributed by atoms with Gasteiger partial charge in [-0.3, -0.25) is 4.98 Å². The van der Waals surface area contributed by atoms with Crippen LogP contribution in [0, 0.1) is 0 Å². The highest BCUT2D eigenvalue weighted by atomic mass is 16.5. The zero-order chi connectivity index (χ0) is 12.8. The molecule has 96 valence electrons. The quantitative estimate of drug-likeness (QED) is 0.731. The van der Waals surface area contributed by atoms with Crippen molar-refractivity contribution in [2.24, 2.45) is 0 Å². The van der Waals surface area contributed by atoms with Crippen molar-refractivity contribution in [2.75, 3.05) is 27.3 Å². The van der Waals surface area contributed by atoms with Gasteiger partial charge in [0.05, 0.1) is 0 Å². The van der Waals surface area contributed by atoms with Gasteiger partial charge in [-0.2, -0.15) is 0 Å². The lowest BCUT2D eigenvalue weighted by molar-refractivity contribution is 0.178. The third kappa shape index (κ3) is 3.28. The molecule has 0 atom stereocenters. The Morgan fingerprint density at radius 1 is 1.28 bits per heavy atom. The maximum atomic E-state index is 5.08. The number of methoxy groups -OCH3 is 1. The molecule has 0 saturated carbocycles. The number of fused-ring (bicyclic) bond motifs is 1. The highest BCUT2D eigenvalue weighted by Crippen LogP contribution is 2.18. The summed E-state index contributed by atoms with van der Waals surface area (Å²) >= 11 is 0. The topological polar surface area (TPSA) is 25.4 Å². The Morgan fingerprint density at radius 3 is 3.00 bits per heavy atom. The van der Waals surface area contributed by atoms with Crippen molar-refractivity contribution in [1.82, 2.24) is 9.88 Å². The van der Waals surface area contributed by atoms with E-state index in [2.05, 4.69) is 41.2 Å². The standard InChI is InChI=1S/C15H20N2O/c1-17(9-4-10-18-2)12-14-6-3-5-13-11-16-8-7-15(13)14/h3,5-8,11H,4,9-10,12H2,1-2H3. The van der Waals surface area contributed by atoms with E-state index in [0.717, 1.165) is 26.1 Å². The molecule has 2 rings (SSSR count). The molecule has 1 aromatic carbocycles. The second kappa shape index (κ2) is 6.47. The fraction of sp³-hybridized carbons (Fsp3) is 0.400. The fourth-order valence-electron chi connectivity index (χ4n) is 2.18. The average Bonchev–Trinajstić information content (AvgIpc) is 2.39. The van der Waals surface area contributed by atoms with Crippen molar-refractivity contribution < 1.29 is 4.74 Å². The molecule has 3 heteroatoms. The highest BCUT2D eigenvalue weighted by molar-refractivity contribution is 5.84. The summed E-state index contributed by atoms with van der Waals surface area (Å²) in [5.41, 5.74) is 1.36. The summed E-state index contributed by atoms with van der Waals surface area (Å²) in [4.78, 5) is 6.49. The molecule has 0 radical (unpaired) electrons. The van der Waals surface area contributed by atoms with E-state index in [4.69, 9.17) is 4.74 Å². The first kappa shape index (κ1) is 13.0. The van der Waals surface area contributed by atoms with E-state index in [1.54, 1.807) is 7.11 Å². The number of nitrogens with zero attached hydrogens (tertiary/aromatic N) is 2. The number of rotatable bonds is 6. The summed E-state index contributed by atoms with van der Waals surface area (Å²) in [6.07, 6.45) is 4.85. The molecule has 0 aliphatic heterocycles. The molecule has 18 heavy (non-hydrogen) atoms. The van der Waals surface area contributed by atoms with E-state index in [-0.39, 0.29) is 0 Å². The largest absolute Gasteiger partial charge is 0.385 e. The number of hydrogen-bond acceptors (Lipinski definition) is 3. The Balaban J connectivity index is 2.07. The SMILES string of the molecule is COCCCN(C)Cc1cccc2cnccc12. The number of pyridine rings is 1. The molecule has 0 fully saturated rings. The van der Waals surface area contributed by atoms with Crippen LogP contribution in [-0.2, 0) is 11.3 Å². The van der Waals surface area contributed by atoms with Gasteiger partial charge < -0.3 is 9.64 Å². The molecule has 0 bridgehead atoms. The maximum absolute atomic E-state index is 5.08. The van der Waals surface area contributed by atoms with Gasteiger partial charge >= 0.3 is 0 Å². The van der Waals surface area contributed by atoms with Crippen LogP contribution in [0.5, 0.6) is 0 Å². The van der Waals surface area contributed by atoms with Crippen molar-refractivity contribution in [3.05, 3.63) is 42.2 Å². The normalized spacial score (nSPS) is 11.3. The fourth-order valence-corrected chi connectivity index (χ4v) is 2.18. The van der Waals surface area contributed by atoms with Gasteiger partial charge in [-0.15, -0.1) is 0 Å². The van der Waals surface area contributed by atoms with Crippen molar-refractivity contribution in [3.63, 3.8) is 0 Å². The maximum Gasteiger partial charge on any atom is 0.0474 e. The van der Waals surface area contributed by atoms with Crippen LogP contribution in [0.25, 0.3) is 10.8 Å². The van der Waals surface area contributed by atoms with Gasteiger partial charge in [-0.25, -0.2) is 0 Å². The third-order valence-corrected chi connectivity index (χ3v) is 3.10. The Bertz CT molecular complexity index is 493. The van der Waals surface area contributed by atoms with Crippen molar-refractivity contribution in [1.29, 1.82) is 0 Å². The Labute approximate surface area is 108 Å². The second-order valence-electron chi connectivity index (χ2n) is 4.60. The van der Waals surface area contributed by atoms with Crippen molar-refractivity contribution in [2.45, 2.75) is 13.0 Å². The molecule has 0 saturated heterocycles. The average molecular weight is 244 g/mol. The van der Waals surface area contributed by atoms with E-state index < -0.39 is 0 Å². The van der Waals surface area contributed by atoms with Gasteiger partial charge in [-0.05, 0) is 30.5 Å². The predicted octanol–water partition coefficient (Wildman–Crippen LogP) is 2.70. The van der Waals surface area contributed by atoms with Crippen molar-refractivity contribution in [3.8, 4) is 0 Å². The van der Waals surface area contributed by atoms with Crippen molar-refractivity contribution >= 4 is 10.8 Å². The molecule has 0 amide bonds. The van der Waals surface area contributed by atoms with Gasteiger partial charge in [0.15, 0.2) is 0 Å². The molecule has 0 aliphatic rings. The first-order valence-corrected chi connectivity index (χ1v) is 6.30. The van der Waals surface area contributed by atoms with Gasteiger partial charge in [0.1, 0.15) is 0 Å². The zero-order valence-corrected chi connectivity index (χ0v) is 11.1. The van der Waals surface area contributed by atoms with Crippen LogP contribution in [0.4, 0.5) is 0 Å². The van der Waals surface area contributed by atoms with E-state index in [0.29, 0.717) is 0 Å². The monoisotopic (exact) mass is 244 g/mol. The molecule has 0 spiro atoms. The van der Waals surface area contributed by atoms with E-state index >= 15 is 0 Å². The molecule has 3 nitrogen and oxygen atoms in total. The minimum absolute atomic E-state index is 0.823. The smallest absolute Gasteiger partial charge is 0.0474 e. The van der Waals surface area contributed by atoms with Crippen LogP contribution in [0.3, 0.4) is 0 Å². The van der Waals surface area contributed by atoms with Crippen LogP contribution in [0.1, 0.15) is 12.0 Å². The Kier molecular flexibility index (Phi) is 4.67. The molecule has 0 aliphatic carbocycles. The summed E-state index contributed by atoms with van der Waals surface area (Å²) in [5.74, 6) is 0. The summed E-state index contributed by atoms with van der Waals surface area (Å²) in [6, 6.07) is 8.49. The first-order valence-electron chi connectivity index (χ1n) is 6.30. The summed E-state index contributed by atoms with van der Waals surface area (Å²) < 4.78 is 5.08. The number of benzene rings is 1. The number of ether oxygens (including phenoxy) is 1. The minimum Gasteiger partial charge on any atom is -0.385 e. The lowest BCUT2D eigenvalue weighted by Gasteiger charge is -2.17. The lowest BCUT2D eigenvalue weighted by atomic mass is 10.1. The van der Waals surface area contributed by atoms with Crippen LogP contribution >= 0.6 is 0 Å². The third-order valence-electron chi connectivity index (χ3n) is 3.10. The van der Waals surface area contributed by atoms with Gasteiger partial charge in [0.2, 0.25) is 0 Å². The minimum atomic E-state index is 0.823. The molecule has 0 unspecified atom stereocenters. The number of aromatic nitrogens is 1. The molecule has 0 N–H and O–H groups in total. The second-order valence-corrected chi connectivity index (χ2v) is 4.60. The predicted molar refractivity (Wildman–Crippen MR) is 74.6 cm³/mol. The van der Waals surface area contributed by atoms with Gasteiger partial charge in [-0.1, -0.05) is 18.2 Å². The molecule has 2 aromatic rings. The van der Waals surface area contributed by atoms with E-state index in [1.165, 1.54) is 16.3 Å². The lowest BCUT2D eigenvalue weighted by Crippen LogP contribution is -2.20. The molecule has 1 aromatic heterocycles. The van der Waals surface area contributed by atoms with Crippen LogP contribution < -0.4 is 0 Å². The number of hydrogen-bond donors (Lipinski definition) is 0. The molecule has 1 heterocycles. The molecular weight excluding hydrogens is 224 g/mol. The van der Waals surface area contributed by atoms with E-state index in [1.807, 2.05) is 12.4 Å². The Hall–Kier alpha value is -1.45. The highest BCUT2D eigenvalue weighted by Gasteiger charge is 2.04. The Morgan fingerprint density at radius 2 is 2.17 bits per heavy atom. The van der Waals surface area contributed by atoms with Crippen LogP contribution in [-0.4, -0.2) is 37.2 Å². The van der Waals surface area contributed by atoms with E-state index in [9.17, 15) is 0 Å². The first-order chi connectivity index (χ1) is 8.81. The zero-order valence-electron chi connectivity index (χ0n) is 11.1. The summed E-state index contributed by atoms with van der Waals surface area (Å²) in [6.45, 7) is 2.84. The summed E-state index contributed by atoms with van der Waals surface area (Å²) in [5, 5.41) is 2.51. The van der Waals surface area contributed by atoms with Crippen LogP contribution in [0.2, 0.25) is 0 Å². The van der Waals surface area contributed by atoms with Gasteiger partial charge in [0.25, 0.3) is 0 Å². The van der Waals surface area contributed by atoms with Gasteiger partial charge in [0, 0.05) is 44.6 Å².